The Hall–Kier alpha value is -2.77. The molecule has 8 nitrogen and oxygen atoms in total. The molecule has 0 aliphatic carbocycles. The fourth-order valence-electron chi connectivity index (χ4n) is 1.42. The van der Waals surface area contributed by atoms with E-state index in [9.17, 15) is 24.0 Å². The lowest BCUT2D eigenvalue weighted by Gasteiger charge is -2.14. The van der Waals surface area contributed by atoms with Crippen LogP contribution in [0.3, 0.4) is 0 Å². The van der Waals surface area contributed by atoms with Crippen LogP contribution in [0.1, 0.15) is 76.2 Å². The van der Waals surface area contributed by atoms with Crippen LogP contribution in [0.5, 0.6) is 0 Å². The molecule has 0 saturated carbocycles. The molecule has 0 heterocycles. The van der Waals surface area contributed by atoms with Crippen molar-refractivity contribution >= 4 is 29.5 Å². The van der Waals surface area contributed by atoms with E-state index >= 15 is 0 Å². The average molecular weight is 485 g/mol. The highest BCUT2D eigenvalue weighted by Gasteiger charge is 2.10. The highest BCUT2D eigenvalue weighted by atomic mass is 16.5. The molecule has 196 valence electrons. The maximum absolute atomic E-state index is 11.0. The molecule has 2 unspecified atom stereocenters. The van der Waals surface area contributed by atoms with Crippen LogP contribution >= 0.6 is 0 Å². The van der Waals surface area contributed by atoms with Gasteiger partial charge in [-0.1, -0.05) is 41.5 Å². The van der Waals surface area contributed by atoms with Gasteiger partial charge in [0.2, 0.25) is 0 Å². The molecule has 0 amide bonds. The van der Waals surface area contributed by atoms with Crippen molar-refractivity contribution in [3.63, 3.8) is 0 Å². The summed E-state index contributed by atoms with van der Waals surface area (Å²) in [5, 5.41) is 0. The minimum atomic E-state index is -0.462. The predicted molar refractivity (Wildman–Crippen MR) is 132 cm³/mol. The molecule has 0 saturated heterocycles. The van der Waals surface area contributed by atoms with Crippen LogP contribution in [-0.2, 0) is 38.2 Å². The third-order valence-corrected chi connectivity index (χ3v) is 4.00. The molecule has 0 aliphatic heterocycles. The van der Waals surface area contributed by atoms with Crippen LogP contribution in [0, 0.1) is 17.8 Å². The van der Waals surface area contributed by atoms with Gasteiger partial charge in [0.15, 0.2) is 11.6 Å². The van der Waals surface area contributed by atoms with E-state index in [1.807, 2.05) is 55.4 Å². The summed E-state index contributed by atoms with van der Waals surface area (Å²) in [5.41, 5.74) is 0. The minimum absolute atomic E-state index is 0.0440. The average Bonchev–Trinajstić information content (AvgIpc) is 2.69. The van der Waals surface area contributed by atoms with Crippen LogP contribution in [0.4, 0.5) is 0 Å². The first kappa shape index (κ1) is 35.8. The second-order valence-electron chi connectivity index (χ2n) is 8.86. The number of carbonyl (C=O) groups excluding carboxylic acids is 5. The SMILES string of the molecule is CC(=O)/C=C/C(=O)OC(C)C(C)C.CC(=O)/C=C/C(=O)OCC(C)C.CC(=O)OC(C)C(C)C. The smallest absolute Gasteiger partial charge is 0.331 e. The first-order valence-corrected chi connectivity index (χ1v) is 11.4. The lowest BCUT2D eigenvalue weighted by Crippen LogP contribution is -2.18. The Morgan fingerprint density at radius 3 is 1.26 bits per heavy atom. The van der Waals surface area contributed by atoms with Crippen molar-refractivity contribution < 1.29 is 38.2 Å². The molecule has 0 rings (SSSR count). The lowest BCUT2D eigenvalue weighted by atomic mass is 10.1. The summed E-state index contributed by atoms with van der Waals surface area (Å²) < 4.78 is 14.6. The Balaban J connectivity index is -0.000000431. The number of esters is 3. The van der Waals surface area contributed by atoms with E-state index < -0.39 is 11.9 Å². The number of ketones is 2. The molecular weight excluding hydrogens is 440 g/mol. The Kier molecular flexibility index (Phi) is 21.9. The molecule has 0 fully saturated rings. The first-order chi connectivity index (χ1) is 15.5. The third kappa shape index (κ3) is 29.2. The van der Waals surface area contributed by atoms with Gasteiger partial charge in [0.05, 0.1) is 6.61 Å². The summed E-state index contributed by atoms with van der Waals surface area (Å²) in [6.07, 6.45) is 4.62. The van der Waals surface area contributed by atoms with Gasteiger partial charge in [-0.25, -0.2) is 9.59 Å². The van der Waals surface area contributed by atoms with Gasteiger partial charge in [-0.2, -0.15) is 0 Å². The zero-order chi connectivity index (χ0) is 27.4. The van der Waals surface area contributed by atoms with Crippen molar-refractivity contribution in [3.8, 4) is 0 Å². The Bertz CT molecular complexity index is 687. The maximum atomic E-state index is 11.0. The summed E-state index contributed by atoms with van der Waals surface area (Å²) >= 11 is 0. The van der Waals surface area contributed by atoms with Crippen molar-refractivity contribution in [1.82, 2.24) is 0 Å². The molecule has 0 aromatic rings. The highest BCUT2D eigenvalue weighted by Crippen LogP contribution is 2.05. The fraction of sp³-hybridized carbons (Fsp3) is 0.654. The fourth-order valence-corrected chi connectivity index (χ4v) is 1.42. The van der Waals surface area contributed by atoms with E-state index in [1.165, 1.54) is 32.9 Å². The van der Waals surface area contributed by atoms with E-state index in [0.717, 1.165) is 12.2 Å². The standard InChI is InChI=1S/C10H16O3.C9H14O3.C7H14O2/c1-7(2)9(4)13-10(12)6-5-8(3)11;1-7(2)6-12-9(11)5-4-8(3)10;1-5(2)6(3)9-7(4)8/h5-7,9H,1-4H3;4-5,7H,6H2,1-3H3;5-6H,1-4H3/b6-5+;5-4+;. The summed E-state index contributed by atoms with van der Waals surface area (Å²) in [4.78, 5) is 53.0. The van der Waals surface area contributed by atoms with Crippen molar-refractivity contribution in [1.29, 1.82) is 0 Å². The second-order valence-corrected chi connectivity index (χ2v) is 8.86. The topological polar surface area (TPSA) is 113 Å². The van der Waals surface area contributed by atoms with Crippen LogP contribution in [0.15, 0.2) is 24.3 Å². The van der Waals surface area contributed by atoms with Crippen LogP contribution in [0.2, 0.25) is 0 Å². The van der Waals surface area contributed by atoms with Gasteiger partial charge < -0.3 is 14.2 Å². The van der Waals surface area contributed by atoms with Crippen LogP contribution < -0.4 is 0 Å². The zero-order valence-corrected chi connectivity index (χ0v) is 22.7. The van der Waals surface area contributed by atoms with Gasteiger partial charge >= 0.3 is 17.9 Å². The molecule has 2 atom stereocenters. The number of hydrogen-bond donors (Lipinski definition) is 0. The number of hydrogen-bond acceptors (Lipinski definition) is 8. The molecule has 34 heavy (non-hydrogen) atoms. The molecule has 0 aromatic carbocycles. The van der Waals surface area contributed by atoms with Gasteiger partial charge in [-0.05, 0) is 57.6 Å². The van der Waals surface area contributed by atoms with E-state index in [4.69, 9.17) is 14.2 Å². The Morgan fingerprint density at radius 1 is 0.588 bits per heavy atom. The van der Waals surface area contributed by atoms with Gasteiger partial charge in [0.1, 0.15) is 12.2 Å². The lowest BCUT2D eigenvalue weighted by molar-refractivity contribution is -0.147. The van der Waals surface area contributed by atoms with Gasteiger partial charge in [0, 0.05) is 19.1 Å². The number of allylic oxidation sites excluding steroid dienone is 2. The third-order valence-electron chi connectivity index (χ3n) is 4.00. The van der Waals surface area contributed by atoms with Crippen molar-refractivity contribution in [3.05, 3.63) is 24.3 Å². The van der Waals surface area contributed by atoms with Crippen molar-refractivity contribution in [2.24, 2.45) is 17.8 Å². The molecule has 8 heteroatoms. The summed E-state index contributed by atoms with van der Waals surface area (Å²) in [6, 6.07) is 0. The molecule has 0 bridgehead atoms. The van der Waals surface area contributed by atoms with E-state index in [2.05, 4.69) is 0 Å². The normalized spacial score (nSPS) is 12.4. The monoisotopic (exact) mass is 484 g/mol. The van der Waals surface area contributed by atoms with Crippen LogP contribution in [-0.4, -0.2) is 48.3 Å². The summed E-state index contributed by atoms with van der Waals surface area (Å²) in [7, 11) is 0. The number of ether oxygens (including phenoxy) is 3. The van der Waals surface area contributed by atoms with Crippen molar-refractivity contribution in [2.75, 3.05) is 6.61 Å². The molecular formula is C26H44O8. The Morgan fingerprint density at radius 2 is 0.971 bits per heavy atom. The van der Waals surface area contributed by atoms with Gasteiger partial charge in [-0.3, -0.25) is 14.4 Å². The van der Waals surface area contributed by atoms with Gasteiger partial charge in [-0.15, -0.1) is 0 Å². The highest BCUT2D eigenvalue weighted by molar-refractivity contribution is 5.94. The largest absolute Gasteiger partial charge is 0.463 e. The predicted octanol–water partition coefficient (Wildman–Crippen LogP) is 4.64. The summed E-state index contributed by atoms with van der Waals surface area (Å²) in [5.74, 6) is -0.416. The Labute approximate surface area is 205 Å². The quantitative estimate of drug-likeness (QED) is 0.250. The van der Waals surface area contributed by atoms with Gasteiger partial charge in [0.25, 0.3) is 0 Å². The zero-order valence-electron chi connectivity index (χ0n) is 22.7. The maximum Gasteiger partial charge on any atom is 0.331 e. The molecule has 0 N–H and O–H groups in total. The van der Waals surface area contributed by atoms with Crippen molar-refractivity contribution in [2.45, 2.75) is 88.4 Å². The molecule has 0 radical (unpaired) electrons. The molecule has 0 aliphatic rings. The minimum Gasteiger partial charge on any atom is -0.463 e. The molecule has 0 spiro atoms. The van der Waals surface area contributed by atoms with E-state index in [-0.39, 0.29) is 35.7 Å². The number of rotatable bonds is 10. The second kappa shape index (κ2) is 20.8. The number of carbonyl (C=O) groups is 5. The van der Waals surface area contributed by atoms with Crippen LogP contribution in [0.25, 0.3) is 0 Å². The van der Waals surface area contributed by atoms with E-state index in [0.29, 0.717) is 18.4 Å². The molecule has 0 aromatic heterocycles. The van der Waals surface area contributed by atoms with E-state index in [1.54, 1.807) is 0 Å². The summed E-state index contributed by atoms with van der Waals surface area (Å²) in [6.45, 7) is 20.2. The first-order valence-electron chi connectivity index (χ1n) is 11.4.